The number of carbonyl (C=O) groups excluding carboxylic acids is 1. The number of benzene rings is 2. The van der Waals surface area contributed by atoms with Gasteiger partial charge in [0.15, 0.2) is 11.0 Å². The summed E-state index contributed by atoms with van der Waals surface area (Å²) in [7, 11) is 0. The number of nitro benzene ring substituents is 1. The first-order valence-electron chi connectivity index (χ1n) is 9.20. The number of non-ortho nitro benzene ring substituents is 1. The molecule has 150 valence electrons. The van der Waals surface area contributed by atoms with Crippen LogP contribution < -0.4 is 5.32 Å². The van der Waals surface area contributed by atoms with Crippen LogP contribution in [0.4, 0.5) is 5.69 Å². The Bertz CT molecular complexity index is 991. The molecule has 2 aromatic carbocycles. The van der Waals surface area contributed by atoms with Gasteiger partial charge in [0.2, 0.25) is 5.91 Å². The van der Waals surface area contributed by atoms with Gasteiger partial charge < -0.3 is 9.88 Å². The normalized spacial score (nSPS) is 10.7. The number of aromatic nitrogens is 3. The van der Waals surface area contributed by atoms with Crippen molar-refractivity contribution in [3.63, 3.8) is 0 Å². The van der Waals surface area contributed by atoms with E-state index in [1.165, 1.54) is 29.5 Å². The molecule has 1 N–H and O–H groups in total. The third kappa shape index (κ3) is 5.41. The molecule has 0 saturated carbocycles. The lowest BCUT2D eigenvalue weighted by Crippen LogP contribution is -2.27. The van der Waals surface area contributed by atoms with Gasteiger partial charge in [0.05, 0.1) is 10.7 Å². The SMILES string of the molecule is CCn1c(SCC(=O)NCCc2ccccc2)nnc1-c1cccc([N+](=O)[O-])c1. The highest BCUT2D eigenvalue weighted by molar-refractivity contribution is 7.99. The van der Waals surface area contributed by atoms with Crippen LogP contribution in [-0.4, -0.2) is 37.9 Å². The summed E-state index contributed by atoms with van der Waals surface area (Å²) in [6.07, 6.45) is 0.777. The number of carbonyl (C=O) groups is 1. The highest BCUT2D eigenvalue weighted by Crippen LogP contribution is 2.26. The van der Waals surface area contributed by atoms with Crippen LogP contribution in [0.1, 0.15) is 12.5 Å². The predicted molar refractivity (Wildman–Crippen MR) is 112 cm³/mol. The van der Waals surface area contributed by atoms with Crippen LogP contribution in [0.15, 0.2) is 59.8 Å². The van der Waals surface area contributed by atoms with Gasteiger partial charge in [-0.2, -0.15) is 0 Å². The van der Waals surface area contributed by atoms with Crippen molar-refractivity contribution in [3.05, 3.63) is 70.3 Å². The largest absolute Gasteiger partial charge is 0.355 e. The molecule has 0 fully saturated rings. The smallest absolute Gasteiger partial charge is 0.270 e. The summed E-state index contributed by atoms with van der Waals surface area (Å²) in [4.78, 5) is 22.7. The van der Waals surface area contributed by atoms with E-state index in [1.54, 1.807) is 12.1 Å². The van der Waals surface area contributed by atoms with Gasteiger partial charge in [0, 0.05) is 30.8 Å². The minimum atomic E-state index is -0.439. The van der Waals surface area contributed by atoms with Crippen LogP contribution >= 0.6 is 11.8 Å². The number of hydrogen-bond acceptors (Lipinski definition) is 6. The third-order valence-corrected chi connectivity index (χ3v) is 5.23. The second kappa shape index (κ2) is 9.83. The summed E-state index contributed by atoms with van der Waals surface area (Å²) < 4.78 is 1.85. The molecule has 0 unspecified atom stereocenters. The van der Waals surface area contributed by atoms with Gasteiger partial charge in [0.1, 0.15) is 0 Å². The molecule has 1 amide bonds. The molecule has 9 heteroatoms. The van der Waals surface area contributed by atoms with E-state index in [9.17, 15) is 14.9 Å². The highest BCUT2D eigenvalue weighted by Gasteiger charge is 2.16. The summed E-state index contributed by atoms with van der Waals surface area (Å²) in [5.41, 5.74) is 1.79. The molecule has 0 aliphatic rings. The van der Waals surface area contributed by atoms with E-state index in [-0.39, 0.29) is 17.3 Å². The summed E-state index contributed by atoms with van der Waals surface area (Å²) >= 11 is 1.30. The van der Waals surface area contributed by atoms with Crippen molar-refractivity contribution in [2.45, 2.75) is 25.0 Å². The van der Waals surface area contributed by atoms with Crippen molar-refractivity contribution in [1.82, 2.24) is 20.1 Å². The molecule has 29 heavy (non-hydrogen) atoms. The minimum Gasteiger partial charge on any atom is -0.355 e. The number of nitrogens with zero attached hydrogens (tertiary/aromatic N) is 4. The van der Waals surface area contributed by atoms with E-state index < -0.39 is 4.92 Å². The number of nitrogens with one attached hydrogen (secondary N) is 1. The first kappa shape index (κ1) is 20.5. The molecule has 0 radical (unpaired) electrons. The molecular formula is C20H21N5O3S. The van der Waals surface area contributed by atoms with Crippen LogP contribution in [0.5, 0.6) is 0 Å². The van der Waals surface area contributed by atoms with Crippen molar-refractivity contribution >= 4 is 23.4 Å². The molecule has 0 spiro atoms. The van der Waals surface area contributed by atoms with E-state index in [0.29, 0.717) is 29.6 Å². The van der Waals surface area contributed by atoms with Crippen molar-refractivity contribution in [3.8, 4) is 11.4 Å². The van der Waals surface area contributed by atoms with Crippen LogP contribution in [0, 0.1) is 10.1 Å². The number of thioether (sulfide) groups is 1. The van der Waals surface area contributed by atoms with Crippen LogP contribution in [-0.2, 0) is 17.8 Å². The molecule has 3 rings (SSSR count). The van der Waals surface area contributed by atoms with Crippen molar-refractivity contribution in [1.29, 1.82) is 0 Å². The van der Waals surface area contributed by atoms with Gasteiger partial charge in [-0.25, -0.2) is 0 Å². The van der Waals surface area contributed by atoms with Crippen LogP contribution in [0.25, 0.3) is 11.4 Å². The Morgan fingerprint density at radius 1 is 1.17 bits per heavy atom. The van der Waals surface area contributed by atoms with Gasteiger partial charge >= 0.3 is 0 Å². The zero-order valence-electron chi connectivity index (χ0n) is 15.9. The summed E-state index contributed by atoms with van der Waals surface area (Å²) in [6.45, 7) is 3.10. The fourth-order valence-electron chi connectivity index (χ4n) is 2.82. The Kier molecular flexibility index (Phi) is 6.96. The Hall–Kier alpha value is -3.20. The van der Waals surface area contributed by atoms with Gasteiger partial charge in [-0.15, -0.1) is 10.2 Å². The Morgan fingerprint density at radius 3 is 2.69 bits per heavy atom. The van der Waals surface area contributed by atoms with E-state index >= 15 is 0 Å². The topological polar surface area (TPSA) is 103 Å². The zero-order valence-corrected chi connectivity index (χ0v) is 16.8. The van der Waals surface area contributed by atoms with Crippen LogP contribution in [0.3, 0.4) is 0 Å². The Morgan fingerprint density at radius 2 is 1.97 bits per heavy atom. The maximum atomic E-state index is 12.1. The summed E-state index contributed by atoms with van der Waals surface area (Å²) in [6, 6.07) is 16.3. The maximum Gasteiger partial charge on any atom is 0.270 e. The zero-order chi connectivity index (χ0) is 20.6. The molecule has 0 bridgehead atoms. The van der Waals surface area contributed by atoms with Gasteiger partial charge in [0.25, 0.3) is 5.69 Å². The first-order chi connectivity index (χ1) is 14.1. The van der Waals surface area contributed by atoms with Crippen LogP contribution in [0.2, 0.25) is 0 Å². The first-order valence-corrected chi connectivity index (χ1v) is 10.2. The number of nitro groups is 1. The highest BCUT2D eigenvalue weighted by atomic mass is 32.2. The lowest BCUT2D eigenvalue weighted by Gasteiger charge is -2.08. The molecule has 0 aliphatic carbocycles. The number of hydrogen-bond donors (Lipinski definition) is 1. The Labute approximate surface area is 172 Å². The lowest BCUT2D eigenvalue weighted by molar-refractivity contribution is -0.384. The third-order valence-electron chi connectivity index (χ3n) is 4.26. The number of rotatable bonds is 9. The van der Waals surface area contributed by atoms with E-state index in [1.807, 2.05) is 41.8 Å². The molecule has 0 aliphatic heterocycles. The standard InChI is InChI=1S/C20H21N5O3S/c1-2-24-19(16-9-6-10-17(13-16)25(27)28)22-23-20(24)29-14-18(26)21-12-11-15-7-4-3-5-8-15/h3-10,13H,2,11-12,14H2,1H3,(H,21,26). The van der Waals surface area contributed by atoms with E-state index in [2.05, 4.69) is 15.5 Å². The molecule has 1 aromatic heterocycles. The average Bonchev–Trinajstić information content (AvgIpc) is 3.16. The van der Waals surface area contributed by atoms with Gasteiger partial charge in [-0.3, -0.25) is 14.9 Å². The molecule has 8 nitrogen and oxygen atoms in total. The fourth-order valence-corrected chi connectivity index (χ4v) is 3.66. The predicted octanol–water partition coefficient (Wildman–Crippen LogP) is 3.32. The fraction of sp³-hybridized carbons (Fsp3) is 0.250. The quantitative estimate of drug-likeness (QED) is 0.329. The van der Waals surface area contributed by atoms with Crippen molar-refractivity contribution in [2.75, 3.05) is 12.3 Å². The lowest BCUT2D eigenvalue weighted by atomic mass is 10.1. The van der Waals surface area contributed by atoms with Crippen molar-refractivity contribution < 1.29 is 9.72 Å². The molecule has 0 atom stereocenters. The van der Waals surface area contributed by atoms with Gasteiger partial charge in [-0.1, -0.05) is 54.2 Å². The summed E-state index contributed by atoms with van der Waals surface area (Å²) in [5.74, 6) is 0.693. The minimum absolute atomic E-state index is 0.000139. The maximum absolute atomic E-state index is 12.1. The monoisotopic (exact) mass is 411 g/mol. The molecule has 1 heterocycles. The second-order valence-electron chi connectivity index (χ2n) is 6.23. The number of amides is 1. The van der Waals surface area contributed by atoms with E-state index in [0.717, 1.165) is 6.42 Å². The van der Waals surface area contributed by atoms with Crippen molar-refractivity contribution in [2.24, 2.45) is 0 Å². The Balaban J connectivity index is 1.59. The molecular weight excluding hydrogens is 390 g/mol. The van der Waals surface area contributed by atoms with Gasteiger partial charge in [-0.05, 0) is 18.9 Å². The molecule has 3 aromatic rings. The van der Waals surface area contributed by atoms with E-state index in [4.69, 9.17) is 0 Å². The molecule has 0 saturated heterocycles. The second-order valence-corrected chi connectivity index (χ2v) is 7.17. The average molecular weight is 411 g/mol. The summed E-state index contributed by atoms with van der Waals surface area (Å²) in [5, 5.41) is 22.9.